The third-order valence-electron chi connectivity index (χ3n) is 4.46. The van der Waals surface area contributed by atoms with Crippen molar-refractivity contribution in [2.75, 3.05) is 0 Å². The van der Waals surface area contributed by atoms with Gasteiger partial charge in [-0.25, -0.2) is 9.97 Å². The summed E-state index contributed by atoms with van der Waals surface area (Å²) in [6.45, 7) is 8.80. The summed E-state index contributed by atoms with van der Waals surface area (Å²) in [5.41, 5.74) is 7.22. The first kappa shape index (κ1) is 16.2. The average Bonchev–Trinajstić information content (AvgIpc) is 2.90. The molecule has 25 heavy (non-hydrogen) atoms. The summed E-state index contributed by atoms with van der Waals surface area (Å²) in [5.74, 6) is 0.664. The fraction of sp³-hybridized carbons (Fsp3) is 0.273. The summed E-state index contributed by atoms with van der Waals surface area (Å²) in [7, 11) is 0. The Morgan fingerprint density at radius 3 is 2.44 bits per heavy atom. The van der Waals surface area contributed by atoms with E-state index in [0.717, 1.165) is 17.6 Å². The smallest absolute Gasteiger partial charge is 0.116 e. The second-order valence-electron chi connectivity index (χ2n) is 7.31. The van der Waals surface area contributed by atoms with Crippen LogP contribution in [0.1, 0.15) is 30.5 Å². The summed E-state index contributed by atoms with van der Waals surface area (Å²) >= 11 is 1.81. The Morgan fingerprint density at radius 2 is 1.72 bits per heavy atom. The van der Waals surface area contributed by atoms with Gasteiger partial charge < -0.3 is 0 Å². The lowest BCUT2D eigenvalue weighted by molar-refractivity contribution is 0.648. The van der Waals surface area contributed by atoms with E-state index in [1.165, 1.54) is 37.0 Å². The van der Waals surface area contributed by atoms with E-state index in [1.54, 1.807) is 6.33 Å². The van der Waals surface area contributed by atoms with Gasteiger partial charge in [0.1, 0.15) is 6.33 Å². The standard InChI is InChI=1S/C22H22N2S/c1-13(2)7-16-5-6-18-19(11-16)25-22-20(23-12-24-21(18)22)17-9-14(3)8-15(4)10-17/h5-6,8-13H,7H2,1-4H3. The van der Waals surface area contributed by atoms with Crippen LogP contribution in [0.15, 0.2) is 42.7 Å². The van der Waals surface area contributed by atoms with Gasteiger partial charge in [-0.15, -0.1) is 11.3 Å². The van der Waals surface area contributed by atoms with Gasteiger partial charge in [0.2, 0.25) is 0 Å². The maximum atomic E-state index is 4.62. The van der Waals surface area contributed by atoms with E-state index in [-0.39, 0.29) is 0 Å². The molecule has 0 spiro atoms. The van der Waals surface area contributed by atoms with Crippen molar-refractivity contribution in [3.63, 3.8) is 0 Å². The zero-order chi connectivity index (χ0) is 17.6. The molecule has 0 aliphatic heterocycles. The molecule has 0 atom stereocenters. The lowest BCUT2D eigenvalue weighted by Crippen LogP contribution is -1.92. The minimum absolute atomic E-state index is 0.664. The van der Waals surface area contributed by atoms with Gasteiger partial charge in [0, 0.05) is 15.6 Å². The van der Waals surface area contributed by atoms with Crippen molar-refractivity contribution in [1.82, 2.24) is 9.97 Å². The second-order valence-corrected chi connectivity index (χ2v) is 8.36. The van der Waals surface area contributed by atoms with Crippen molar-refractivity contribution in [1.29, 1.82) is 0 Å². The molecule has 0 saturated heterocycles. The quantitative estimate of drug-likeness (QED) is 0.433. The molecule has 0 saturated carbocycles. The van der Waals surface area contributed by atoms with Gasteiger partial charge in [0.15, 0.2) is 0 Å². The molecule has 0 unspecified atom stereocenters. The van der Waals surface area contributed by atoms with Crippen LogP contribution in [0.3, 0.4) is 0 Å². The molecule has 2 heterocycles. The summed E-state index contributed by atoms with van der Waals surface area (Å²) in [6.07, 6.45) is 2.81. The number of fused-ring (bicyclic) bond motifs is 3. The van der Waals surface area contributed by atoms with E-state index >= 15 is 0 Å². The third-order valence-corrected chi connectivity index (χ3v) is 5.60. The molecule has 0 aliphatic carbocycles. The summed E-state index contributed by atoms with van der Waals surface area (Å²) < 4.78 is 2.49. The van der Waals surface area contributed by atoms with E-state index in [2.05, 4.69) is 74.1 Å². The maximum absolute atomic E-state index is 4.62. The van der Waals surface area contributed by atoms with Gasteiger partial charge in [-0.3, -0.25) is 0 Å². The molecular formula is C22H22N2S. The number of aromatic nitrogens is 2. The molecule has 0 amide bonds. The van der Waals surface area contributed by atoms with Crippen LogP contribution in [0.4, 0.5) is 0 Å². The first-order valence-corrected chi connectivity index (χ1v) is 9.57. The van der Waals surface area contributed by atoms with Crippen LogP contribution in [0.25, 0.3) is 31.6 Å². The zero-order valence-corrected chi connectivity index (χ0v) is 15.9. The molecule has 2 nitrogen and oxygen atoms in total. The number of thiophene rings is 1. The molecular weight excluding hydrogens is 324 g/mol. The van der Waals surface area contributed by atoms with Crippen molar-refractivity contribution >= 4 is 31.6 Å². The molecule has 4 rings (SSSR count). The molecule has 0 N–H and O–H groups in total. The van der Waals surface area contributed by atoms with Gasteiger partial charge in [0.05, 0.1) is 15.9 Å². The topological polar surface area (TPSA) is 25.8 Å². The van der Waals surface area contributed by atoms with E-state index in [0.29, 0.717) is 5.92 Å². The monoisotopic (exact) mass is 346 g/mol. The number of aryl methyl sites for hydroxylation is 2. The first-order valence-electron chi connectivity index (χ1n) is 8.76. The average molecular weight is 346 g/mol. The lowest BCUT2D eigenvalue weighted by atomic mass is 10.0. The highest BCUT2D eigenvalue weighted by molar-refractivity contribution is 7.26. The minimum Gasteiger partial charge on any atom is -0.235 e. The van der Waals surface area contributed by atoms with Crippen LogP contribution in [-0.4, -0.2) is 9.97 Å². The van der Waals surface area contributed by atoms with Gasteiger partial charge in [-0.2, -0.15) is 0 Å². The van der Waals surface area contributed by atoms with E-state index in [4.69, 9.17) is 0 Å². The Morgan fingerprint density at radius 1 is 0.960 bits per heavy atom. The highest BCUT2D eigenvalue weighted by Gasteiger charge is 2.14. The fourth-order valence-electron chi connectivity index (χ4n) is 3.53. The van der Waals surface area contributed by atoms with Crippen LogP contribution in [0, 0.1) is 19.8 Å². The zero-order valence-electron chi connectivity index (χ0n) is 15.1. The predicted molar refractivity (Wildman–Crippen MR) is 108 cm³/mol. The fourth-order valence-corrected chi connectivity index (χ4v) is 4.77. The normalized spacial score (nSPS) is 11.7. The lowest BCUT2D eigenvalue weighted by Gasteiger charge is -2.05. The molecule has 3 heteroatoms. The molecule has 2 aromatic carbocycles. The number of rotatable bonds is 3. The van der Waals surface area contributed by atoms with Crippen molar-refractivity contribution in [3.8, 4) is 11.3 Å². The van der Waals surface area contributed by atoms with Gasteiger partial charge in [-0.1, -0.05) is 43.2 Å². The Hall–Kier alpha value is -2.26. The summed E-state index contributed by atoms with van der Waals surface area (Å²) in [6, 6.07) is 13.4. The van der Waals surface area contributed by atoms with E-state index in [9.17, 15) is 0 Å². The van der Waals surface area contributed by atoms with E-state index < -0.39 is 0 Å². The minimum atomic E-state index is 0.664. The SMILES string of the molecule is Cc1cc(C)cc(-c2ncnc3c2sc2cc(CC(C)C)ccc23)c1. The van der Waals surface area contributed by atoms with Crippen LogP contribution in [0.5, 0.6) is 0 Å². The maximum Gasteiger partial charge on any atom is 0.116 e. The van der Waals surface area contributed by atoms with Crippen molar-refractivity contribution in [3.05, 3.63) is 59.4 Å². The van der Waals surface area contributed by atoms with Crippen LogP contribution in [-0.2, 0) is 6.42 Å². The molecule has 0 fully saturated rings. The Kier molecular flexibility index (Phi) is 4.04. The molecule has 4 aromatic rings. The molecule has 2 aromatic heterocycles. The molecule has 0 bridgehead atoms. The second kappa shape index (κ2) is 6.23. The number of hydrogen-bond donors (Lipinski definition) is 0. The van der Waals surface area contributed by atoms with Crippen LogP contribution < -0.4 is 0 Å². The van der Waals surface area contributed by atoms with Crippen molar-refractivity contribution < 1.29 is 0 Å². The Bertz CT molecular complexity index is 1060. The number of hydrogen-bond acceptors (Lipinski definition) is 3. The predicted octanol–water partition coefficient (Wildman–Crippen LogP) is 6.33. The van der Waals surface area contributed by atoms with Gasteiger partial charge in [-0.05, 0) is 49.9 Å². The van der Waals surface area contributed by atoms with E-state index in [1.807, 2.05) is 11.3 Å². The largest absolute Gasteiger partial charge is 0.235 e. The third kappa shape index (κ3) is 3.05. The number of benzene rings is 2. The van der Waals surface area contributed by atoms with Gasteiger partial charge in [0.25, 0.3) is 0 Å². The van der Waals surface area contributed by atoms with Crippen LogP contribution in [0.2, 0.25) is 0 Å². The first-order chi connectivity index (χ1) is 12.0. The summed E-state index contributed by atoms with van der Waals surface area (Å²) in [5, 5.41) is 1.24. The Balaban J connectivity index is 1.94. The van der Waals surface area contributed by atoms with Crippen molar-refractivity contribution in [2.24, 2.45) is 5.92 Å². The molecule has 0 aliphatic rings. The summed E-state index contributed by atoms with van der Waals surface area (Å²) in [4.78, 5) is 9.22. The van der Waals surface area contributed by atoms with Crippen molar-refractivity contribution in [2.45, 2.75) is 34.1 Å². The van der Waals surface area contributed by atoms with Crippen LogP contribution >= 0.6 is 11.3 Å². The molecule has 0 radical (unpaired) electrons. The Labute approximate surface area is 152 Å². The highest BCUT2D eigenvalue weighted by Crippen LogP contribution is 2.38. The van der Waals surface area contributed by atoms with Gasteiger partial charge >= 0.3 is 0 Å². The number of nitrogens with zero attached hydrogens (tertiary/aromatic N) is 2. The highest BCUT2D eigenvalue weighted by atomic mass is 32.1. The molecule has 126 valence electrons.